The predicted molar refractivity (Wildman–Crippen MR) is 158 cm³/mol. The third-order valence-electron chi connectivity index (χ3n) is 8.50. The molecule has 3 atom stereocenters. The Bertz CT molecular complexity index is 1480. The van der Waals surface area contributed by atoms with Crippen molar-refractivity contribution in [3.05, 3.63) is 59.1 Å². The van der Waals surface area contributed by atoms with Crippen LogP contribution in [0.15, 0.2) is 43.2 Å². The van der Waals surface area contributed by atoms with E-state index in [2.05, 4.69) is 33.8 Å². The van der Waals surface area contributed by atoms with E-state index in [0.29, 0.717) is 40.9 Å². The summed E-state index contributed by atoms with van der Waals surface area (Å²) in [4.78, 5) is 25.6. The highest BCUT2D eigenvalue weighted by molar-refractivity contribution is 6.42. The number of amides is 1. The number of rotatable bonds is 8. The molecule has 6 rings (SSSR count). The fourth-order valence-electron chi connectivity index (χ4n) is 6.36. The van der Waals surface area contributed by atoms with E-state index >= 15 is 0 Å². The summed E-state index contributed by atoms with van der Waals surface area (Å²) in [5, 5.41) is 3.64. The van der Waals surface area contributed by atoms with Gasteiger partial charge in [-0.25, -0.2) is 14.4 Å². The lowest BCUT2D eigenvalue weighted by Gasteiger charge is -2.38. The molecule has 1 amide bonds. The van der Waals surface area contributed by atoms with E-state index in [9.17, 15) is 9.18 Å². The number of aromatic nitrogens is 2. The molecule has 8 nitrogen and oxygen atoms in total. The zero-order chi connectivity index (χ0) is 28.7. The number of carbonyl (C=O) groups excluding carboxylic acids is 1. The average molecular weight is 601 g/mol. The minimum absolute atomic E-state index is 0.0197. The number of carbonyl (C=O) groups is 1. The van der Waals surface area contributed by atoms with Gasteiger partial charge in [0.05, 0.1) is 21.2 Å². The number of anilines is 2. The first kappa shape index (κ1) is 28.0. The Labute approximate surface area is 248 Å². The molecule has 4 heterocycles. The third kappa shape index (κ3) is 5.55. The van der Waals surface area contributed by atoms with Gasteiger partial charge in [-0.15, -0.1) is 0 Å². The number of likely N-dealkylation sites (tertiary alicyclic amines) is 1. The number of ether oxygens (including phenoxy) is 2. The maximum absolute atomic E-state index is 14.9. The van der Waals surface area contributed by atoms with Gasteiger partial charge in [0.25, 0.3) is 0 Å². The Morgan fingerprint density at radius 1 is 1.17 bits per heavy atom. The van der Waals surface area contributed by atoms with Crippen LogP contribution in [0.2, 0.25) is 10.0 Å². The van der Waals surface area contributed by atoms with Crippen molar-refractivity contribution in [1.29, 1.82) is 0 Å². The standard InChI is InChI=1S/C30H32Cl2FN5O3/c1-3-27(39)38-17-6-7-18(38)12-20(11-17)41-26-13-21-24(14-25(26)40-15-19-5-4-10-37(19)2)34-16-35-30(21)36-23-9-8-22(31)28(32)29(23)33/h3,8-9,13-14,16-20H,1,4-7,10-12,15H2,2H3,(H,34,35,36). The minimum Gasteiger partial charge on any atom is -0.488 e. The molecule has 1 aromatic heterocycles. The van der Waals surface area contributed by atoms with E-state index in [1.807, 2.05) is 17.0 Å². The van der Waals surface area contributed by atoms with Crippen molar-refractivity contribution in [3.63, 3.8) is 0 Å². The van der Waals surface area contributed by atoms with Crippen LogP contribution in [0.25, 0.3) is 10.9 Å². The van der Waals surface area contributed by atoms with E-state index in [1.54, 1.807) is 0 Å². The Kier molecular flexibility index (Phi) is 7.94. The highest BCUT2D eigenvalue weighted by atomic mass is 35.5. The van der Waals surface area contributed by atoms with Gasteiger partial charge in [-0.3, -0.25) is 4.79 Å². The molecule has 3 unspecified atom stereocenters. The van der Waals surface area contributed by atoms with Gasteiger partial charge in [0.1, 0.15) is 24.9 Å². The zero-order valence-corrected chi connectivity index (χ0v) is 24.3. The minimum atomic E-state index is -0.667. The maximum Gasteiger partial charge on any atom is 0.246 e. The van der Waals surface area contributed by atoms with Crippen molar-refractivity contribution in [2.24, 2.45) is 0 Å². The predicted octanol–water partition coefficient (Wildman–Crippen LogP) is 6.38. The summed E-state index contributed by atoms with van der Waals surface area (Å²) in [7, 11) is 2.11. The SMILES string of the molecule is C=CC(=O)N1C2CCC1CC(Oc1cc3c(Nc4ccc(Cl)c(Cl)c4F)ncnc3cc1OCC1CCCN1C)C2. The van der Waals surface area contributed by atoms with Crippen LogP contribution in [-0.4, -0.2) is 70.1 Å². The Morgan fingerprint density at radius 2 is 1.95 bits per heavy atom. The highest BCUT2D eigenvalue weighted by Gasteiger charge is 2.43. The first-order valence-corrected chi connectivity index (χ1v) is 14.7. The van der Waals surface area contributed by atoms with Crippen molar-refractivity contribution in [1.82, 2.24) is 19.8 Å². The van der Waals surface area contributed by atoms with E-state index < -0.39 is 5.82 Å². The third-order valence-corrected chi connectivity index (χ3v) is 9.29. The Balaban J connectivity index is 1.32. The maximum atomic E-state index is 14.9. The summed E-state index contributed by atoms with van der Waals surface area (Å²) >= 11 is 12.0. The van der Waals surface area contributed by atoms with Gasteiger partial charge in [-0.05, 0) is 63.6 Å². The van der Waals surface area contributed by atoms with Gasteiger partial charge >= 0.3 is 0 Å². The second kappa shape index (κ2) is 11.6. The first-order valence-electron chi connectivity index (χ1n) is 14.0. The molecule has 41 heavy (non-hydrogen) atoms. The van der Waals surface area contributed by atoms with Crippen molar-refractivity contribution in [3.8, 4) is 11.5 Å². The molecule has 3 aromatic rings. The molecule has 0 radical (unpaired) electrons. The number of fused-ring (bicyclic) bond motifs is 3. The summed E-state index contributed by atoms with van der Waals surface area (Å²) in [6.07, 6.45) is 8.30. The summed E-state index contributed by atoms with van der Waals surface area (Å²) in [6.45, 7) is 5.25. The van der Waals surface area contributed by atoms with Gasteiger partial charge in [0.15, 0.2) is 17.3 Å². The monoisotopic (exact) mass is 599 g/mol. The molecule has 1 N–H and O–H groups in total. The summed E-state index contributed by atoms with van der Waals surface area (Å²) in [5.74, 6) is 0.873. The van der Waals surface area contributed by atoms with Crippen molar-refractivity contribution in [2.45, 2.75) is 62.8 Å². The average Bonchev–Trinajstić information content (AvgIpc) is 3.50. The van der Waals surface area contributed by atoms with Crippen LogP contribution in [0, 0.1) is 5.82 Å². The number of likely N-dealkylation sites (N-methyl/N-ethyl adjacent to an activating group) is 1. The smallest absolute Gasteiger partial charge is 0.246 e. The summed E-state index contributed by atoms with van der Waals surface area (Å²) < 4.78 is 27.9. The normalized spacial score (nSPS) is 24.0. The lowest BCUT2D eigenvalue weighted by molar-refractivity contribution is -0.131. The molecule has 3 aliphatic heterocycles. The fraction of sp³-hybridized carbons (Fsp3) is 0.433. The second-order valence-corrected chi connectivity index (χ2v) is 11.8. The largest absolute Gasteiger partial charge is 0.488 e. The van der Waals surface area contributed by atoms with Crippen LogP contribution < -0.4 is 14.8 Å². The molecule has 0 spiro atoms. The topological polar surface area (TPSA) is 79.8 Å². The quantitative estimate of drug-likeness (QED) is 0.238. The van der Waals surface area contributed by atoms with Gasteiger partial charge < -0.3 is 24.6 Å². The molecular weight excluding hydrogens is 568 g/mol. The molecule has 3 aliphatic rings. The van der Waals surface area contributed by atoms with Crippen molar-refractivity contribution < 1.29 is 18.7 Å². The zero-order valence-electron chi connectivity index (χ0n) is 22.8. The van der Waals surface area contributed by atoms with Gasteiger partial charge in [-0.2, -0.15) is 0 Å². The molecule has 11 heteroatoms. The molecular formula is C30H32Cl2FN5O3. The molecule has 0 aliphatic carbocycles. The molecule has 3 saturated heterocycles. The van der Waals surface area contributed by atoms with E-state index in [0.717, 1.165) is 45.1 Å². The molecule has 216 valence electrons. The summed E-state index contributed by atoms with van der Waals surface area (Å²) in [5.41, 5.74) is 0.763. The molecule has 2 bridgehead atoms. The van der Waals surface area contributed by atoms with Crippen LogP contribution in [-0.2, 0) is 4.79 Å². The number of hydrogen-bond acceptors (Lipinski definition) is 7. The number of nitrogens with one attached hydrogen (secondary N) is 1. The van der Waals surface area contributed by atoms with E-state index in [1.165, 1.54) is 24.5 Å². The number of benzene rings is 2. The fourth-order valence-corrected chi connectivity index (χ4v) is 6.67. The number of nitrogens with zero attached hydrogens (tertiary/aromatic N) is 4. The van der Waals surface area contributed by atoms with Crippen LogP contribution >= 0.6 is 23.2 Å². The lowest BCUT2D eigenvalue weighted by Crippen LogP contribution is -2.48. The Morgan fingerprint density at radius 3 is 2.66 bits per heavy atom. The van der Waals surface area contributed by atoms with Crippen molar-refractivity contribution in [2.75, 3.05) is 25.5 Å². The van der Waals surface area contributed by atoms with Crippen LogP contribution in [0.4, 0.5) is 15.9 Å². The lowest BCUT2D eigenvalue weighted by atomic mass is 9.99. The van der Waals surface area contributed by atoms with E-state index in [-0.39, 0.29) is 39.8 Å². The number of piperidine rings is 1. The number of hydrogen-bond donors (Lipinski definition) is 1. The van der Waals surface area contributed by atoms with Gasteiger partial charge in [0, 0.05) is 42.4 Å². The van der Waals surface area contributed by atoms with E-state index in [4.69, 9.17) is 32.7 Å². The molecule has 3 fully saturated rings. The van der Waals surface area contributed by atoms with Crippen LogP contribution in [0.3, 0.4) is 0 Å². The highest BCUT2D eigenvalue weighted by Crippen LogP contribution is 2.41. The van der Waals surface area contributed by atoms with Crippen LogP contribution in [0.5, 0.6) is 11.5 Å². The summed E-state index contributed by atoms with van der Waals surface area (Å²) in [6, 6.07) is 7.31. The van der Waals surface area contributed by atoms with Crippen LogP contribution in [0.1, 0.15) is 38.5 Å². The number of halogens is 3. The molecule has 0 saturated carbocycles. The second-order valence-electron chi connectivity index (χ2n) is 11.0. The van der Waals surface area contributed by atoms with Gasteiger partial charge in [0.2, 0.25) is 5.91 Å². The Hall–Kier alpha value is -3.14. The van der Waals surface area contributed by atoms with Gasteiger partial charge in [-0.1, -0.05) is 29.8 Å². The van der Waals surface area contributed by atoms with Crippen molar-refractivity contribution >= 4 is 51.5 Å². The first-order chi connectivity index (χ1) is 19.8. The molecule has 2 aromatic carbocycles.